The minimum absolute atomic E-state index is 0.127. The van der Waals surface area contributed by atoms with Gasteiger partial charge in [0.2, 0.25) is 0 Å². The smallest absolute Gasteiger partial charge is 0.334 e. The molecule has 0 rings (SSSR count). The number of amides is 2. The first-order valence-electron chi connectivity index (χ1n) is 5.35. The van der Waals surface area contributed by atoms with Crippen LogP contribution in [0.2, 0.25) is 0 Å². The van der Waals surface area contributed by atoms with Gasteiger partial charge in [0.1, 0.15) is 0 Å². The third-order valence-corrected chi connectivity index (χ3v) is 2.54. The van der Waals surface area contributed by atoms with Crippen molar-refractivity contribution in [1.82, 2.24) is 10.2 Å². The molecule has 0 fully saturated rings. The van der Waals surface area contributed by atoms with Crippen molar-refractivity contribution in [2.45, 2.75) is 38.8 Å². The first-order valence-corrected chi connectivity index (χ1v) is 5.35. The van der Waals surface area contributed by atoms with Gasteiger partial charge in [-0.05, 0) is 12.8 Å². The molecule has 0 radical (unpaired) electrons. The molecule has 94 valence electrons. The number of nitrogens with zero attached hydrogens (tertiary/aromatic N) is 1. The maximum Gasteiger partial charge on any atom is 0.334 e. The van der Waals surface area contributed by atoms with E-state index in [9.17, 15) is 9.59 Å². The second kappa shape index (κ2) is 7.05. The van der Waals surface area contributed by atoms with Gasteiger partial charge >= 0.3 is 12.0 Å². The Morgan fingerprint density at radius 3 is 2.19 bits per heavy atom. The summed E-state index contributed by atoms with van der Waals surface area (Å²) in [4.78, 5) is 23.4. The number of urea groups is 1. The predicted octanol–water partition coefficient (Wildman–Crippen LogP) is 0.262. The molecule has 0 spiro atoms. The van der Waals surface area contributed by atoms with E-state index in [0.717, 1.165) is 12.8 Å². The number of aliphatic hydroxyl groups is 1. The zero-order chi connectivity index (χ0) is 12.7. The quantitative estimate of drug-likeness (QED) is 0.613. The number of rotatable bonds is 6. The third-order valence-electron chi connectivity index (χ3n) is 2.54. The van der Waals surface area contributed by atoms with E-state index in [-0.39, 0.29) is 18.6 Å². The van der Waals surface area contributed by atoms with E-state index >= 15 is 0 Å². The van der Waals surface area contributed by atoms with E-state index < -0.39 is 12.1 Å². The fourth-order valence-electron chi connectivity index (χ4n) is 1.40. The van der Waals surface area contributed by atoms with Crippen molar-refractivity contribution in [3.8, 4) is 0 Å². The second-order valence-corrected chi connectivity index (χ2v) is 3.62. The van der Waals surface area contributed by atoms with Crippen molar-refractivity contribution in [3.05, 3.63) is 0 Å². The average Bonchev–Trinajstić information content (AvgIpc) is 2.26. The zero-order valence-corrected chi connectivity index (χ0v) is 9.93. The van der Waals surface area contributed by atoms with Crippen LogP contribution < -0.4 is 5.32 Å². The van der Waals surface area contributed by atoms with Gasteiger partial charge in [-0.3, -0.25) is 0 Å². The molecule has 0 aromatic rings. The number of hydrogen-bond donors (Lipinski definition) is 3. The summed E-state index contributed by atoms with van der Waals surface area (Å²) in [6.45, 7) is 3.67. The SMILES string of the molecule is CCC(CC)N(C)C(=O)NCC(O)C(=O)O. The summed E-state index contributed by atoms with van der Waals surface area (Å²) in [5, 5.41) is 19.8. The lowest BCUT2D eigenvalue weighted by molar-refractivity contribution is -0.146. The van der Waals surface area contributed by atoms with Crippen molar-refractivity contribution in [2.24, 2.45) is 0 Å². The summed E-state index contributed by atoms with van der Waals surface area (Å²) < 4.78 is 0. The molecule has 6 heteroatoms. The first-order chi connectivity index (χ1) is 7.43. The van der Waals surface area contributed by atoms with Gasteiger partial charge in [0, 0.05) is 13.1 Å². The van der Waals surface area contributed by atoms with E-state index in [1.165, 1.54) is 4.90 Å². The number of carboxylic acids is 1. The Morgan fingerprint density at radius 1 is 1.31 bits per heavy atom. The molecule has 2 amide bonds. The number of aliphatic hydroxyl groups excluding tert-OH is 1. The molecular formula is C10H20N2O4. The molecule has 0 aliphatic rings. The highest BCUT2D eigenvalue weighted by Crippen LogP contribution is 2.05. The van der Waals surface area contributed by atoms with Crippen LogP contribution in [0.3, 0.4) is 0 Å². The maximum atomic E-state index is 11.5. The van der Waals surface area contributed by atoms with E-state index in [1.54, 1.807) is 7.05 Å². The minimum Gasteiger partial charge on any atom is -0.479 e. The molecule has 1 unspecified atom stereocenters. The highest BCUT2D eigenvalue weighted by atomic mass is 16.4. The monoisotopic (exact) mass is 232 g/mol. The second-order valence-electron chi connectivity index (χ2n) is 3.62. The topological polar surface area (TPSA) is 89.9 Å². The van der Waals surface area contributed by atoms with Crippen LogP contribution in [0.25, 0.3) is 0 Å². The molecule has 0 saturated heterocycles. The van der Waals surface area contributed by atoms with Crippen LogP contribution in [-0.2, 0) is 4.79 Å². The summed E-state index contributed by atoms with van der Waals surface area (Å²) >= 11 is 0. The Hall–Kier alpha value is -1.30. The van der Waals surface area contributed by atoms with Gasteiger partial charge in [-0.25, -0.2) is 9.59 Å². The first kappa shape index (κ1) is 14.7. The van der Waals surface area contributed by atoms with Crippen LogP contribution in [0.5, 0.6) is 0 Å². The Morgan fingerprint density at radius 2 is 1.81 bits per heavy atom. The maximum absolute atomic E-state index is 11.5. The lowest BCUT2D eigenvalue weighted by Crippen LogP contribution is -2.46. The lowest BCUT2D eigenvalue weighted by atomic mass is 10.1. The van der Waals surface area contributed by atoms with Crippen LogP contribution in [0, 0.1) is 0 Å². The highest BCUT2D eigenvalue weighted by Gasteiger charge is 2.19. The van der Waals surface area contributed by atoms with Crippen molar-refractivity contribution in [3.63, 3.8) is 0 Å². The van der Waals surface area contributed by atoms with Crippen LogP contribution in [0.4, 0.5) is 4.79 Å². The Kier molecular flexibility index (Phi) is 6.48. The zero-order valence-electron chi connectivity index (χ0n) is 9.93. The molecule has 0 saturated carbocycles. The molecule has 0 aliphatic carbocycles. The van der Waals surface area contributed by atoms with Crippen LogP contribution in [0.15, 0.2) is 0 Å². The van der Waals surface area contributed by atoms with E-state index in [2.05, 4.69) is 5.32 Å². The molecule has 0 aliphatic heterocycles. The fraction of sp³-hybridized carbons (Fsp3) is 0.800. The standard InChI is InChI=1S/C10H20N2O4/c1-4-7(5-2)12(3)10(16)11-6-8(13)9(14)15/h7-8,13H,4-6H2,1-3H3,(H,11,16)(H,14,15). The highest BCUT2D eigenvalue weighted by molar-refractivity contribution is 5.76. The molecule has 3 N–H and O–H groups in total. The third kappa shape index (κ3) is 4.48. The van der Waals surface area contributed by atoms with Crippen molar-refractivity contribution in [2.75, 3.05) is 13.6 Å². The molecular weight excluding hydrogens is 212 g/mol. The summed E-state index contributed by atoms with van der Waals surface area (Å²) in [5.74, 6) is -1.34. The molecule has 1 atom stereocenters. The summed E-state index contributed by atoms with van der Waals surface area (Å²) in [6.07, 6.45) is 0.114. The van der Waals surface area contributed by atoms with Gasteiger partial charge in [-0.1, -0.05) is 13.8 Å². The Balaban J connectivity index is 4.10. The number of aliphatic carboxylic acids is 1. The average molecular weight is 232 g/mol. The molecule has 0 aromatic carbocycles. The minimum atomic E-state index is -1.56. The fourth-order valence-corrected chi connectivity index (χ4v) is 1.40. The largest absolute Gasteiger partial charge is 0.479 e. The van der Waals surface area contributed by atoms with Gasteiger partial charge in [0.15, 0.2) is 6.10 Å². The van der Waals surface area contributed by atoms with Crippen molar-refractivity contribution in [1.29, 1.82) is 0 Å². The summed E-state index contributed by atoms with van der Waals surface area (Å²) in [6, 6.07) is -0.240. The van der Waals surface area contributed by atoms with E-state index in [4.69, 9.17) is 10.2 Å². The van der Waals surface area contributed by atoms with E-state index in [1.807, 2.05) is 13.8 Å². The normalized spacial score (nSPS) is 12.3. The number of carbonyl (C=O) groups is 2. The summed E-state index contributed by atoms with van der Waals surface area (Å²) in [7, 11) is 1.65. The Bertz CT molecular complexity index is 241. The number of carbonyl (C=O) groups excluding carboxylic acids is 1. The Labute approximate surface area is 95.2 Å². The number of hydrogen-bond acceptors (Lipinski definition) is 3. The van der Waals surface area contributed by atoms with E-state index in [0.29, 0.717) is 0 Å². The van der Waals surface area contributed by atoms with Gasteiger partial charge in [-0.2, -0.15) is 0 Å². The molecule has 6 nitrogen and oxygen atoms in total. The molecule has 0 aromatic heterocycles. The van der Waals surface area contributed by atoms with Gasteiger partial charge in [0.25, 0.3) is 0 Å². The van der Waals surface area contributed by atoms with Gasteiger partial charge < -0.3 is 20.4 Å². The molecule has 0 heterocycles. The van der Waals surface area contributed by atoms with Crippen LogP contribution in [-0.4, -0.2) is 52.9 Å². The predicted molar refractivity (Wildman–Crippen MR) is 59.2 cm³/mol. The van der Waals surface area contributed by atoms with Crippen molar-refractivity contribution >= 4 is 12.0 Å². The van der Waals surface area contributed by atoms with Crippen LogP contribution in [0.1, 0.15) is 26.7 Å². The number of nitrogens with one attached hydrogen (secondary N) is 1. The van der Waals surface area contributed by atoms with Crippen molar-refractivity contribution < 1.29 is 19.8 Å². The van der Waals surface area contributed by atoms with Gasteiger partial charge in [0.05, 0.1) is 6.54 Å². The van der Waals surface area contributed by atoms with Crippen LogP contribution >= 0.6 is 0 Å². The number of carboxylic acid groups (broad SMARTS) is 1. The van der Waals surface area contributed by atoms with Gasteiger partial charge in [-0.15, -0.1) is 0 Å². The molecule has 0 bridgehead atoms. The summed E-state index contributed by atoms with van der Waals surface area (Å²) in [5.41, 5.74) is 0. The molecule has 16 heavy (non-hydrogen) atoms. The lowest BCUT2D eigenvalue weighted by Gasteiger charge is -2.26.